The van der Waals surface area contributed by atoms with E-state index in [0.29, 0.717) is 20.6 Å². The molecule has 0 N–H and O–H groups in total. The zero-order chi connectivity index (χ0) is 37.6. The SMILES string of the molecule is CCOC(=O)C1=C(C)N=c2s/c(=C/C34c5ccccc5C(c5ccccc53)[C@@H]3C(=O)N(Cc5ccccc5)C(=O)[C@@H]34)c(=O)n2[C@H]1c1cccc2ccccc12. The minimum Gasteiger partial charge on any atom is -0.463 e. The second-order valence-corrected chi connectivity index (χ2v) is 15.7. The minimum atomic E-state index is -1.14. The first-order valence-electron chi connectivity index (χ1n) is 18.6. The van der Waals surface area contributed by atoms with Gasteiger partial charge in [0, 0.05) is 5.92 Å². The van der Waals surface area contributed by atoms with Gasteiger partial charge in [-0.1, -0.05) is 133 Å². The molecule has 2 amide bonds. The molecule has 1 fully saturated rings. The number of aromatic nitrogens is 1. The number of amides is 2. The minimum absolute atomic E-state index is 0.168. The van der Waals surface area contributed by atoms with Gasteiger partial charge < -0.3 is 4.74 Å². The molecule has 3 heterocycles. The van der Waals surface area contributed by atoms with Crippen molar-refractivity contribution in [2.75, 3.05) is 6.61 Å². The van der Waals surface area contributed by atoms with Crippen molar-refractivity contribution < 1.29 is 19.1 Å². The molecule has 0 radical (unpaired) electrons. The summed E-state index contributed by atoms with van der Waals surface area (Å²) in [4.78, 5) is 65.3. The number of carbonyl (C=O) groups excluding carboxylic acids is 3. The Balaban J connectivity index is 1.24. The summed E-state index contributed by atoms with van der Waals surface area (Å²) in [5.41, 5.74) is 4.78. The second kappa shape index (κ2) is 12.4. The van der Waals surface area contributed by atoms with Gasteiger partial charge in [0.05, 0.1) is 52.2 Å². The van der Waals surface area contributed by atoms with Crippen molar-refractivity contribution >= 4 is 46.0 Å². The number of benzene rings is 5. The number of esters is 1. The summed E-state index contributed by atoms with van der Waals surface area (Å²) < 4.78 is 7.58. The lowest BCUT2D eigenvalue weighted by Crippen LogP contribution is -2.53. The molecule has 1 aromatic heterocycles. The third-order valence-electron chi connectivity index (χ3n) is 12.0. The normalized spacial score (nSPS) is 23.7. The van der Waals surface area contributed by atoms with Crippen LogP contribution in [0.2, 0.25) is 0 Å². The molecule has 3 atom stereocenters. The summed E-state index contributed by atoms with van der Waals surface area (Å²) in [6.45, 7) is 3.88. The Morgan fingerprint density at radius 1 is 0.800 bits per heavy atom. The molecule has 3 aliphatic carbocycles. The van der Waals surface area contributed by atoms with E-state index in [0.717, 1.165) is 44.2 Å². The molecule has 1 saturated heterocycles. The predicted molar refractivity (Wildman–Crippen MR) is 210 cm³/mol. The lowest BCUT2D eigenvalue weighted by molar-refractivity contribution is -0.141. The highest BCUT2D eigenvalue weighted by Crippen LogP contribution is 2.64. The number of rotatable bonds is 6. The number of nitrogens with zero attached hydrogens (tertiary/aromatic N) is 3. The van der Waals surface area contributed by atoms with Gasteiger partial charge >= 0.3 is 5.97 Å². The van der Waals surface area contributed by atoms with Crippen LogP contribution in [-0.2, 0) is 31.1 Å². The highest BCUT2D eigenvalue weighted by atomic mass is 32.1. The molecule has 8 nitrogen and oxygen atoms in total. The number of hydrogen-bond donors (Lipinski definition) is 0. The monoisotopic (exact) mass is 741 g/mol. The van der Waals surface area contributed by atoms with Crippen LogP contribution >= 0.6 is 11.3 Å². The fraction of sp³-hybridized carbons (Fsp3) is 0.196. The first-order chi connectivity index (χ1) is 26.8. The maximum atomic E-state index is 15.2. The molecule has 2 bridgehead atoms. The molecule has 2 aliphatic heterocycles. The standard InChI is InChI=1S/C46H35N3O5S/c1-3-54-44(53)36-26(2)47-45-49(40(36)30-21-13-17-28-16-7-8-18-29(28)30)41(50)35(55-45)24-46-33-22-11-9-19-31(33)37(32-20-10-12-23-34(32)46)38-39(46)43(52)48(42(38)51)25-27-14-5-4-6-15-27/h4-24,37-40H,3,25H2,1-2H3/b35-24+/t37?,38-,39+,40-,46?/m0/s1. The van der Waals surface area contributed by atoms with Crippen molar-refractivity contribution in [3.63, 3.8) is 0 Å². The number of imide groups is 1. The van der Waals surface area contributed by atoms with Gasteiger partial charge in [0.1, 0.15) is 0 Å². The molecule has 0 spiro atoms. The van der Waals surface area contributed by atoms with Crippen molar-refractivity contribution in [2.45, 2.75) is 37.8 Å². The van der Waals surface area contributed by atoms with Gasteiger partial charge in [-0.15, -0.1) is 0 Å². The Kier molecular flexibility index (Phi) is 7.54. The van der Waals surface area contributed by atoms with Crippen molar-refractivity contribution in [1.82, 2.24) is 9.47 Å². The van der Waals surface area contributed by atoms with E-state index in [2.05, 4.69) is 12.1 Å². The van der Waals surface area contributed by atoms with Crippen molar-refractivity contribution in [1.29, 1.82) is 0 Å². The number of fused-ring (bicyclic) bond motifs is 2. The average molecular weight is 742 g/mol. The number of ether oxygens (including phenoxy) is 1. The average Bonchev–Trinajstić information content (AvgIpc) is 3.65. The lowest BCUT2D eigenvalue weighted by Gasteiger charge is -2.53. The Bertz CT molecular complexity index is 2800. The van der Waals surface area contributed by atoms with E-state index in [1.807, 2.05) is 115 Å². The van der Waals surface area contributed by atoms with Gasteiger partial charge in [-0.05, 0) is 64.1 Å². The van der Waals surface area contributed by atoms with E-state index in [-0.39, 0.29) is 36.4 Å². The third-order valence-corrected chi connectivity index (χ3v) is 12.9. The maximum absolute atomic E-state index is 15.2. The summed E-state index contributed by atoms with van der Waals surface area (Å²) >= 11 is 1.24. The molecule has 0 unspecified atom stereocenters. The molecule has 5 aliphatic rings. The Labute approximate surface area is 320 Å². The van der Waals surface area contributed by atoms with Gasteiger partial charge in [-0.2, -0.15) is 0 Å². The molecular formula is C46H35N3O5S. The Hall–Kier alpha value is -6.19. The van der Waals surface area contributed by atoms with Crippen LogP contribution in [0.15, 0.2) is 142 Å². The number of allylic oxidation sites excluding steroid dienone is 1. The van der Waals surface area contributed by atoms with Crippen molar-refractivity contribution in [3.05, 3.63) is 186 Å². The summed E-state index contributed by atoms with van der Waals surface area (Å²) in [5.74, 6) is -2.71. The van der Waals surface area contributed by atoms with Crippen LogP contribution in [0.5, 0.6) is 0 Å². The fourth-order valence-electron chi connectivity index (χ4n) is 9.84. The lowest BCUT2D eigenvalue weighted by atomic mass is 9.47. The summed E-state index contributed by atoms with van der Waals surface area (Å²) in [7, 11) is 0. The number of hydrogen-bond acceptors (Lipinski definition) is 7. The van der Waals surface area contributed by atoms with E-state index in [9.17, 15) is 14.4 Å². The van der Waals surface area contributed by atoms with E-state index in [4.69, 9.17) is 9.73 Å². The molecule has 55 heavy (non-hydrogen) atoms. The second-order valence-electron chi connectivity index (χ2n) is 14.6. The molecule has 5 aromatic carbocycles. The van der Waals surface area contributed by atoms with E-state index in [1.54, 1.807) is 18.4 Å². The van der Waals surface area contributed by atoms with E-state index >= 15 is 4.79 Å². The fourth-order valence-corrected chi connectivity index (χ4v) is 10.9. The number of carbonyl (C=O) groups is 3. The molecular weight excluding hydrogens is 707 g/mol. The molecule has 0 saturated carbocycles. The zero-order valence-corrected chi connectivity index (χ0v) is 31.0. The van der Waals surface area contributed by atoms with Gasteiger partial charge in [-0.25, -0.2) is 9.79 Å². The van der Waals surface area contributed by atoms with Gasteiger partial charge in [0.15, 0.2) is 4.80 Å². The highest BCUT2D eigenvalue weighted by molar-refractivity contribution is 7.07. The van der Waals surface area contributed by atoms with Crippen LogP contribution in [0.3, 0.4) is 0 Å². The van der Waals surface area contributed by atoms with Gasteiger partial charge in [-0.3, -0.25) is 23.9 Å². The number of thiazole rings is 1. The van der Waals surface area contributed by atoms with Crippen LogP contribution < -0.4 is 14.9 Å². The summed E-state index contributed by atoms with van der Waals surface area (Å²) in [6, 6.07) is 38.7. The van der Waals surface area contributed by atoms with Crippen molar-refractivity contribution in [2.24, 2.45) is 16.8 Å². The molecule has 9 heteroatoms. The maximum Gasteiger partial charge on any atom is 0.338 e. The quantitative estimate of drug-likeness (QED) is 0.151. The highest BCUT2D eigenvalue weighted by Gasteiger charge is 2.67. The van der Waals surface area contributed by atoms with Crippen molar-refractivity contribution in [3.8, 4) is 0 Å². The first kappa shape index (κ1) is 33.4. The van der Waals surface area contributed by atoms with Gasteiger partial charge in [0.25, 0.3) is 5.56 Å². The molecule has 6 aromatic rings. The number of likely N-dealkylation sites (tertiary alicyclic amines) is 1. The first-order valence-corrected chi connectivity index (χ1v) is 19.4. The van der Waals surface area contributed by atoms with Crippen LogP contribution in [0.1, 0.15) is 59.2 Å². The Morgan fingerprint density at radius 2 is 1.44 bits per heavy atom. The van der Waals surface area contributed by atoms with E-state index < -0.39 is 29.3 Å². The summed E-state index contributed by atoms with van der Waals surface area (Å²) in [6.07, 6.45) is 1.95. The van der Waals surface area contributed by atoms with Crippen LogP contribution in [0.4, 0.5) is 0 Å². The van der Waals surface area contributed by atoms with Crippen LogP contribution in [0, 0.1) is 11.8 Å². The van der Waals surface area contributed by atoms with E-state index in [1.165, 1.54) is 16.2 Å². The smallest absolute Gasteiger partial charge is 0.338 e. The zero-order valence-electron chi connectivity index (χ0n) is 30.1. The largest absolute Gasteiger partial charge is 0.463 e. The topological polar surface area (TPSA) is 98.0 Å². The van der Waals surface area contributed by atoms with Gasteiger partial charge in [0.2, 0.25) is 11.8 Å². The molecule has 11 rings (SSSR count). The molecule has 270 valence electrons. The Morgan fingerprint density at radius 3 is 2.16 bits per heavy atom. The summed E-state index contributed by atoms with van der Waals surface area (Å²) in [5, 5.41) is 1.88. The predicted octanol–water partition coefficient (Wildman–Crippen LogP) is 6.15. The van der Waals surface area contributed by atoms with Crippen LogP contribution in [-0.4, -0.2) is 33.9 Å². The van der Waals surface area contributed by atoms with Crippen LogP contribution in [0.25, 0.3) is 16.8 Å². The third kappa shape index (κ3) is 4.66.